The van der Waals surface area contributed by atoms with Crippen LogP contribution in [-0.4, -0.2) is 48.4 Å². The van der Waals surface area contributed by atoms with Crippen molar-refractivity contribution in [3.8, 4) is 0 Å². The monoisotopic (exact) mass is 502 g/mol. The number of likely N-dealkylation sites (tertiary alicyclic amines) is 1. The van der Waals surface area contributed by atoms with Crippen LogP contribution in [0.5, 0.6) is 0 Å². The van der Waals surface area contributed by atoms with Crippen LogP contribution < -0.4 is 5.32 Å². The summed E-state index contributed by atoms with van der Waals surface area (Å²) in [5.74, 6) is -0.524. The molecule has 1 aliphatic heterocycles. The van der Waals surface area contributed by atoms with E-state index in [0.29, 0.717) is 25.2 Å². The van der Waals surface area contributed by atoms with E-state index in [1.807, 2.05) is 18.2 Å². The highest BCUT2D eigenvalue weighted by molar-refractivity contribution is 5.96. The number of benzene rings is 2. The Balaban J connectivity index is 1.15. The van der Waals surface area contributed by atoms with Crippen LogP contribution in [0.1, 0.15) is 60.0 Å². The number of Topliss-reactive ketones (excluding diaryl/α,β-unsaturated/α-hetero) is 1. The average Bonchev–Trinajstić information content (AvgIpc) is 3.35. The van der Waals surface area contributed by atoms with Gasteiger partial charge in [0.1, 0.15) is 0 Å². The molecule has 36 heavy (non-hydrogen) atoms. The van der Waals surface area contributed by atoms with Crippen LogP contribution in [0.25, 0.3) is 0 Å². The second-order valence-electron chi connectivity index (χ2n) is 9.88. The molecule has 194 valence electrons. The second-order valence-corrected chi connectivity index (χ2v) is 9.88. The van der Waals surface area contributed by atoms with Gasteiger partial charge in [-0.3, -0.25) is 9.59 Å². The van der Waals surface area contributed by atoms with Crippen LogP contribution in [0.15, 0.2) is 54.6 Å². The number of carbonyl (C=O) groups is 2. The van der Waals surface area contributed by atoms with Crippen molar-refractivity contribution in [3.63, 3.8) is 0 Å². The molecule has 0 radical (unpaired) electrons. The Kier molecular flexibility index (Phi) is 8.80. The maximum Gasteiger partial charge on any atom is 0.416 e. The minimum absolute atomic E-state index is 0.0970. The SMILES string of the molecule is O=C(CNC(=O)c1cccc(C(F)(F)F)c1)C[C@@H]1CCN(C2CCC(OCc3ccccc3)CC2)C1. The molecule has 1 saturated heterocycles. The summed E-state index contributed by atoms with van der Waals surface area (Å²) in [5.41, 5.74) is 0.204. The predicted molar refractivity (Wildman–Crippen MR) is 130 cm³/mol. The smallest absolute Gasteiger partial charge is 0.374 e. The molecular weight excluding hydrogens is 469 g/mol. The average molecular weight is 503 g/mol. The molecule has 0 aromatic heterocycles. The number of nitrogens with one attached hydrogen (secondary N) is 1. The summed E-state index contributed by atoms with van der Waals surface area (Å²) in [6.45, 7) is 2.31. The van der Waals surface area contributed by atoms with Gasteiger partial charge < -0.3 is 15.0 Å². The third-order valence-corrected chi connectivity index (χ3v) is 7.22. The molecule has 0 spiro atoms. The Morgan fingerprint density at radius 2 is 1.72 bits per heavy atom. The van der Waals surface area contributed by atoms with Crippen molar-refractivity contribution in [2.75, 3.05) is 19.6 Å². The lowest BCUT2D eigenvalue weighted by Crippen LogP contribution is -2.38. The first-order valence-electron chi connectivity index (χ1n) is 12.6. The summed E-state index contributed by atoms with van der Waals surface area (Å²) in [5, 5.41) is 2.47. The molecular formula is C28H33F3N2O3. The highest BCUT2D eigenvalue weighted by Crippen LogP contribution is 2.31. The molecule has 2 fully saturated rings. The molecule has 1 atom stereocenters. The molecule has 1 N–H and O–H groups in total. The van der Waals surface area contributed by atoms with E-state index in [-0.39, 0.29) is 23.8 Å². The van der Waals surface area contributed by atoms with E-state index in [1.54, 1.807) is 0 Å². The van der Waals surface area contributed by atoms with Gasteiger partial charge in [0, 0.05) is 24.6 Å². The first-order chi connectivity index (χ1) is 17.3. The van der Waals surface area contributed by atoms with Gasteiger partial charge in [-0.2, -0.15) is 13.2 Å². The number of rotatable bonds is 9. The number of carbonyl (C=O) groups excluding carboxylic acids is 2. The fourth-order valence-electron chi connectivity index (χ4n) is 5.24. The lowest BCUT2D eigenvalue weighted by Gasteiger charge is -2.34. The van der Waals surface area contributed by atoms with E-state index in [9.17, 15) is 22.8 Å². The number of ether oxygens (including phenoxy) is 1. The van der Waals surface area contributed by atoms with Crippen molar-refractivity contribution >= 4 is 11.7 Å². The van der Waals surface area contributed by atoms with Gasteiger partial charge in [0.25, 0.3) is 5.91 Å². The van der Waals surface area contributed by atoms with Gasteiger partial charge >= 0.3 is 6.18 Å². The minimum atomic E-state index is -4.52. The molecule has 8 heteroatoms. The van der Waals surface area contributed by atoms with Gasteiger partial charge in [-0.15, -0.1) is 0 Å². The van der Waals surface area contributed by atoms with Crippen molar-refractivity contribution in [1.29, 1.82) is 0 Å². The topological polar surface area (TPSA) is 58.6 Å². The molecule has 2 aromatic carbocycles. The van der Waals surface area contributed by atoms with Crippen molar-refractivity contribution in [2.24, 2.45) is 5.92 Å². The first-order valence-corrected chi connectivity index (χ1v) is 12.6. The lowest BCUT2D eigenvalue weighted by atomic mass is 9.92. The fourth-order valence-corrected chi connectivity index (χ4v) is 5.24. The lowest BCUT2D eigenvalue weighted by molar-refractivity contribution is -0.137. The van der Waals surface area contributed by atoms with E-state index in [1.165, 1.54) is 17.7 Å². The van der Waals surface area contributed by atoms with Crippen LogP contribution in [0.2, 0.25) is 0 Å². The zero-order chi connectivity index (χ0) is 25.5. The molecule has 1 saturated carbocycles. The van der Waals surface area contributed by atoms with E-state index >= 15 is 0 Å². The second kappa shape index (κ2) is 12.0. The number of amides is 1. The van der Waals surface area contributed by atoms with Gasteiger partial charge in [0.15, 0.2) is 5.78 Å². The number of hydrogen-bond donors (Lipinski definition) is 1. The summed E-state index contributed by atoms with van der Waals surface area (Å²) in [6, 6.07) is 14.9. The Hall–Kier alpha value is -2.71. The molecule has 1 aliphatic carbocycles. The number of hydrogen-bond acceptors (Lipinski definition) is 4. The molecule has 2 aromatic rings. The van der Waals surface area contributed by atoms with E-state index in [4.69, 9.17) is 4.74 Å². The van der Waals surface area contributed by atoms with Crippen LogP contribution in [0, 0.1) is 5.92 Å². The Labute approximate surface area is 210 Å². The van der Waals surface area contributed by atoms with Crippen LogP contribution in [0.3, 0.4) is 0 Å². The number of nitrogens with zero attached hydrogens (tertiary/aromatic N) is 1. The van der Waals surface area contributed by atoms with Crippen LogP contribution in [0.4, 0.5) is 13.2 Å². The number of halogens is 3. The Bertz CT molecular complexity index is 1020. The Morgan fingerprint density at radius 3 is 2.44 bits per heavy atom. The van der Waals surface area contributed by atoms with Crippen molar-refractivity contribution < 1.29 is 27.5 Å². The molecule has 4 rings (SSSR count). The van der Waals surface area contributed by atoms with Gasteiger partial charge in [-0.05, 0) is 68.3 Å². The zero-order valence-electron chi connectivity index (χ0n) is 20.3. The zero-order valence-corrected chi connectivity index (χ0v) is 20.3. The van der Waals surface area contributed by atoms with Gasteiger partial charge in [0.2, 0.25) is 0 Å². The standard InChI is InChI=1S/C28H33F3N2O3/c29-28(30,31)23-8-4-7-22(16-23)27(35)32-17-25(34)15-21-13-14-33(18-21)24-9-11-26(12-10-24)36-19-20-5-2-1-3-6-20/h1-8,16,21,24,26H,9-15,17-19H2,(H,32,35)/t21-,24?,26?/m0/s1. The van der Waals surface area contributed by atoms with Gasteiger partial charge in [-0.1, -0.05) is 36.4 Å². The van der Waals surface area contributed by atoms with Gasteiger partial charge in [-0.25, -0.2) is 0 Å². The third kappa shape index (κ3) is 7.40. The molecule has 1 heterocycles. The van der Waals surface area contributed by atoms with E-state index < -0.39 is 17.6 Å². The van der Waals surface area contributed by atoms with Crippen molar-refractivity contribution in [3.05, 3.63) is 71.3 Å². The van der Waals surface area contributed by atoms with Crippen LogP contribution >= 0.6 is 0 Å². The molecule has 2 aliphatic rings. The van der Waals surface area contributed by atoms with Gasteiger partial charge in [0.05, 0.1) is 24.8 Å². The summed E-state index contributed by atoms with van der Waals surface area (Å²) < 4.78 is 44.7. The summed E-state index contributed by atoms with van der Waals surface area (Å²) in [6.07, 6.45) is 1.35. The summed E-state index contributed by atoms with van der Waals surface area (Å²) in [4.78, 5) is 27.2. The highest BCUT2D eigenvalue weighted by atomic mass is 19.4. The molecule has 1 amide bonds. The first kappa shape index (κ1) is 26.4. The molecule has 0 bridgehead atoms. The summed E-state index contributed by atoms with van der Waals surface area (Å²) >= 11 is 0. The maximum absolute atomic E-state index is 12.9. The van der Waals surface area contributed by atoms with Crippen molar-refractivity contribution in [1.82, 2.24) is 10.2 Å². The highest BCUT2D eigenvalue weighted by Gasteiger charge is 2.33. The Morgan fingerprint density at radius 1 is 0.972 bits per heavy atom. The maximum atomic E-state index is 12.9. The normalized spacial score (nSPS) is 22.9. The molecule has 5 nitrogen and oxygen atoms in total. The fraction of sp³-hybridized carbons (Fsp3) is 0.500. The van der Waals surface area contributed by atoms with Crippen LogP contribution in [-0.2, 0) is 22.3 Å². The van der Waals surface area contributed by atoms with Crippen molar-refractivity contribution in [2.45, 2.75) is 63.5 Å². The number of ketones is 1. The predicted octanol–water partition coefficient (Wildman–Crippen LogP) is 5.24. The van der Waals surface area contributed by atoms with E-state index in [0.717, 1.165) is 57.3 Å². The van der Waals surface area contributed by atoms with E-state index in [2.05, 4.69) is 22.3 Å². The quantitative estimate of drug-likeness (QED) is 0.509. The minimum Gasteiger partial charge on any atom is -0.374 e. The molecule has 0 unspecified atom stereocenters. The largest absolute Gasteiger partial charge is 0.416 e. The summed E-state index contributed by atoms with van der Waals surface area (Å²) in [7, 11) is 0. The number of alkyl halides is 3. The third-order valence-electron chi connectivity index (χ3n) is 7.22.